The van der Waals surface area contributed by atoms with Crippen LogP contribution in [0, 0.1) is 6.92 Å². The lowest BCUT2D eigenvalue weighted by Gasteiger charge is -2.20. The molecular formula is C15H26N2. The summed E-state index contributed by atoms with van der Waals surface area (Å²) in [6.45, 7) is 13.3. The van der Waals surface area contributed by atoms with Gasteiger partial charge >= 0.3 is 0 Å². The molecule has 0 saturated carbocycles. The topological polar surface area (TPSA) is 15.3 Å². The molecule has 0 aliphatic carbocycles. The van der Waals surface area contributed by atoms with Crippen molar-refractivity contribution in [2.75, 3.05) is 26.2 Å². The van der Waals surface area contributed by atoms with Crippen molar-refractivity contribution in [1.82, 2.24) is 10.2 Å². The number of aryl methyl sites for hydroxylation is 1. The van der Waals surface area contributed by atoms with E-state index in [0.29, 0.717) is 6.04 Å². The van der Waals surface area contributed by atoms with E-state index in [4.69, 9.17) is 0 Å². The molecule has 96 valence electrons. The van der Waals surface area contributed by atoms with Crippen LogP contribution in [0.15, 0.2) is 24.3 Å². The molecule has 0 aliphatic heterocycles. The van der Waals surface area contributed by atoms with Gasteiger partial charge in [-0.2, -0.15) is 0 Å². The summed E-state index contributed by atoms with van der Waals surface area (Å²) in [5.74, 6) is 0. The highest BCUT2D eigenvalue weighted by Gasteiger charge is 2.05. The summed E-state index contributed by atoms with van der Waals surface area (Å²) in [7, 11) is 0. The zero-order valence-electron chi connectivity index (χ0n) is 11.7. The zero-order valence-corrected chi connectivity index (χ0v) is 11.7. The Morgan fingerprint density at radius 1 is 1.24 bits per heavy atom. The van der Waals surface area contributed by atoms with E-state index in [1.807, 2.05) is 0 Å². The lowest BCUT2D eigenvalue weighted by Crippen LogP contribution is -2.33. The van der Waals surface area contributed by atoms with Crippen molar-refractivity contribution in [2.45, 2.75) is 33.7 Å². The van der Waals surface area contributed by atoms with Crippen LogP contribution in [0.5, 0.6) is 0 Å². The molecule has 2 nitrogen and oxygen atoms in total. The van der Waals surface area contributed by atoms with E-state index >= 15 is 0 Å². The van der Waals surface area contributed by atoms with Crippen molar-refractivity contribution in [3.8, 4) is 0 Å². The largest absolute Gasteiger partial charge is 0.309 e. The summed E-state index contributed by atoms with van der Waals surface area (Å²) in [5, 5.41) is 3.58. The molecule has 1 atom stereocenters. The Hall–Kier alpha value is -0.860. The summed E-state index contributed by atoms with van der Waals surface area (Å²) in [6, 6.07) is 9.17. The van der Waals surface area contributed by atoms with Crippen LogP contribution in [-0.2, 0) is 0 Å². The molecule has 0 heterocycles. The average molecular weight is 234 g/mol. The van der Waals surface area contributed by atoms with Crippen LogP contribution in [0.2, 0.25) is 0 Å². The fourth-order valence-corrected chi connectivity index (χ4v) is 2.04. The van der Waals surface area contributed by atoms with Crippen molar-refractivity contribution in [3.63, 3.8) is 0 Å². The molecule has 1 unspecified atom stereocenters. The van der Waals surface area contributed by atoms with Gasteiger partial charge < -0.3 is 10.2 Å². The third kappa shape index (κ3) is 4.88. The second kappa shape index (κ2) is 7.46. The number of rotatable bonds is 7. The molecular weight excluding hydrogens is 208 g/mol. The highest BCUT2D eigenvalue weighted by Crippen LogP contribution is 2.13. The van der Waals surface area contributed by atoms with Crippen LogP contribution >= 0.6 is 0 Å². The van der Waals surface area contributed by atoms with Gasteiger partial charge in [0.2, 0.25) is 0 Å². The Labute approximate surface area is 106 Å². The Bertz CT molecular complexity index is 318. The summed E-state index contributed by atoms with van der Waals surface area (Å²) >= 11 is 0. The zero-order chi connectivity index (χ0) is 12.7. The molecule has 0 radical (unpaired) electrons. The number of hydrogen-bond acceptors (Lipinski definition) is 2. The molecule has 0 spiro atoms. The summed E-state index contributed by atoms with van der Waals surface area (Å²) in [6.07, 6.45) is 0. The van der Waals surface area contributed by atoms with Gasteiger partial charge in [0, 0.05) is 19.1 Å². The standard InChI is InChI=1S/C15H26N2/c1-5-17(6-2)11-10-16-14(4)15-9-7-8-13(3)12-15/h7-9,12,14,16H,5-6,10-11H2,1-4H3. The molecule has 0 fully saturated rings. The van der Waals surface area contributed by atoms with Gasteiger partial charge in [0.15, 0.2) is 0 Å². The lowest BCUT2D eigenvalue weighted by molar-refractivity contribution is 0.298. The van der Waals surface area contributed by atoms with Gasteiger partial charge in [-0.25, -0.2) is 0 Å². The first kappa shape index (κ1) is 14.2. The Balaban J connectivity index is 2.37. The highest BCUT2D eigenvalue weighted by atomic mass is 15.1. The lowest BCUT2D eigenvalue weighted by atomic mass is 10.1. The quantitative estimate of drug-likeness (QED) is 0.780. The van der Waals surface area contributed by atoms with Gasteiger partial charge in [0.05, 0.1) is 0 Å². The Morgan fingerprint density at radius 3 is 2.53 bits per heavy atom. The number of nitrogens with one attached hydrogen (secondary N) is 1. The van der Waals surface area contributed by atoms with Gasteiger partial charge in [-0.1, -0.05) is 43.7 Å². The van der Waals surface area contributed by atoms with Crippen molar-refractivity contribution >= 4 is 0 Å². The monoisotopic (exact) mass is 234 g/mol. The highest BCUT2D eigenvalue weighted by molar-refractivity contribution is 5.24. The number of likely N-dealkylation sites (N-methyl/N-ethyl adjacent to an activating group) is 1. The Kier molecular flexibility index (Phi) is 6.23. The number of hydrogen-bond donors (Lipinski definition) is 1. The number of nitrogens with zero attached hydrogens (tertiary/aromatic N) is 1. The van der Waals surface area contributed by atoms with Crippen molar-refractivity contribution in [1.29, 1.82) is 0 Å². The fourth-order valence-electron chi connectivity index (χ4n) is 2.04. The molecule has 0 aliphatic rings. The normalized spacial score (nSPS) is 13.0. The van der Waals surface area contributed by atoms with Crippen LogP contribution in [0.25, 0.3) is 0 Å². The molecule has 17 heavy (non-hydrogen) atoms. The van der Waals surface area contributed by atoms with Crippen LogP contribution < -0.4 is 5.32 Å². The minimum Gasteiger partial charge on any atom is -0.309 e. The maximum Gasteiger partial charge on any atom is 0.0292 e. The van der Waals surface area contributed by atoms with Gasteiger partial charge in [0.25, 0.3) is 0 Å². The van der Waals surface area contributed by atoms with Gasteiger partial charge in [-0.3, -0.25) is 0 Å². The molecule has 1 rings (SSSR count). The third-order valence-corrected chi connectivity index (χ3v) is 3.32. The first-order valence-corrected chi connectivity index (χ1v) is 6.69. The second-order valence-electron chi connectivity index (χ2n) is 4.62. The average Bonchev–Trinajstić information content (AvgIpc) is 2.34. The van der Waals surface area contributed by atoms with Crippen molar-refractivity contribution in [2.24, 2.45) is 0 Å². The predicted molar refractivity (Wildman–Crippen MR) is 75.4 cm³/mol. The maximum absolute atomic E-state index is 3.58. The third-order valence-electron chi connectivity index (χ3n) is 3.32. The molecule has 0 amide bonds. The second-order valence-corrected chi connectivity index (χ2v) is 4.62. The summed E-state index contributed by atoms with van der Waals surface area (Å²) < 4.78 is 0. The predicted octanol–water partition coefficient (Wildman–Crippen LogP) is 2.99. The van der Waals surface area contributed by atoms with Crippen LogP contribution in [0.3, 0.4) is 0 Å². The summed E-state index contributed by atoms with van der Waals surface area (Å²) in [5.41, 5.74) is 2.71. The van der Waals surface area contributed by atoms with Crippen molar-refractivity contribution in [3.05, 3.63) is 35.4 Å². The molecule has 0 bridgehead atoms. The molecule has 0 saturated heterocycles. The minimum atomic E-state index is 0.436. The van der Waals surface area contributed by atoms with E-state index in [9.17, 15) is 0 Å². The fraction of sp³-hybridized carbons (Fsp3) is 0.600. The molecule has 2 heteroatoms. The first-order chi connectivity index (χ1) is 8.17. The SMILES string of the molecule is CCN(CC)CCNC(C)c1cccc(C)c1. The molecule has 1 aromatic rings. The van der Waals surface area contributed by atoms with E-state index < -0.39 is 0 Å². The van der Waals surface area contributed by atoms with Gasteiger partial charge in [-0.05, 0) is 32.5 Å². The van der Waals surface area contributed by atoms with Crippen LogP contribution in [0.4, 0.5) is 0 Å². The molecule has 0 aromatic heterocycles. The first-order valence-electron chi connectivity index (χ1n) is 6.69. The molecule has 1 aromatic carbocycles. The van der Waals surface area contributed by atoms with Gasteiger partial charge in [0.1, 0.15) is 0 Å². The van der Waals surface area contributed by atoms with E-state index in [-0.39, 0.29) is 0 Å². The van der Waals surface area contributed by atoms with Crippen LogP contribution in [0.1, 0.15) is 37.9 Å². The summed E-state index contributed by atoms with van der Waals surface area (Å²) in [4.78, 5) is 2.44. The van der Waals surface area contributed by atoms with E-state index in [1.54, 1.807) is 0 Å². The smallest absolute Gasteiger partial charge is 0.0292 e. The van der Waals surface area contributed by atoms with E-state index in [2.05, 4.69) is 62.2 Å². The minimum absolute atomic E-state index is 0.436. The van der Waals surface area contributed by atoms with E-state index in [0.717, 1.165) is 26.2 Å². The van der Waals surface area contributed by atoms with Crippen LogP contribution in [-0.4, -0.2) is 31.1 Å². The number of benzene rings is 1. The maximum atomic E-state index is 3.58. The Morgan fingerprint density at radius 2 is 1.94 bits per heavy atom. The van der Waals surface area contributed by atoms with E-state index in [1.165, 1.54) is 11.1 Å². The van der Waals surface area contributed by atoms with Gasteiger partial charge in [-0.15, -0.1) is 0 Å². The molecule has 1 N–H and O–H groups in total. The van der Waals surface area contributed by atoms with Crippen molar-refractivity contribution < 1.29 is 0 Å².